The van der Waals surface area contributed by atoms with Crippen molar-refractivity contribution in [2.24, 2.45) is 16.2 Å². The third kappa shape index (κ3) is 8.81. The summed E-state index contributed by atoms with van der Waals surface area (Å²) in [4.78, 5) is 0. The fourth-order valence-electron chi connectivity index (χ4n) is 3.57. The summed E-state index contributed by atoms with van der Waals surface area (Å²) in [5.41, 5.74) is 1.44. The zero-order valence-corrected chi connectivity index (χ0v) is 20.9. The van der Waals surface area contributed by atoms with Gasteiger partial charge in [-0.2, -0.15) is 0 Å². The quantitative estimate of drug-likeness (QED) is 0.308. The molecule has 0 saturated carbocycles. The second-order valence-corrected chi connectivity index (χ2v) is 12.4. The summed E-state index contributed by atoms with van der Waals surface area (Å²) in [5, 5.41) is 0. The van der Waals surface area contributed by atoms with Crippen molar-refractivity contribution in [3.05, 3.63) is 36.1 Å². The van der Waals surface area contributed by atoms with Crippen molar-refractivity contribution in [2.75, 3.05) is 12.5 Å². The maximum absolute atomic E-state index is 11.9. The molecule has 1 aliphatic heterocycles. The lowest BCUT2D eigenvalue weighted by Gasteiger charge is -2.32. The average molecular weight is 423 g/mol. The minimum Gasteiger partial charge on any atom is -0.403 e. The molecular formula is C23H42BNO3S. The van der Waals surface area contributed by atoms with Crippen molar-refractivity contribution >= 4 is 16.8 Å². The molecule has 0 aromatic heterocycles. The summed E-state index contributed by atoms with van der Waals surface area (Å²) in [7, 11) is -2.28. The van der Waals surface area contributed by atoms with Gasteiger partial charge in [-0.05, 0) is 77.3 Å². The summed E-state index contributed by atoms with van der Waals surface area (Å²) >= 11 is 0. The smallest absolute Gasteiger partial charge is 0.403 e. The van der Waals surface area contributed by atoms with E-state index in [-0.39, 0.29) is 18.3 Å². The molecule has 0 amide bonds. The maximum Gasteiger partial charge on any atom is 0.457 e. The van der Waals surface area contributed by atoms with Gasteiger partial charge >= 0.3 is 7.12 Å². The van der Waals surface area contributed by atoms with E-state index in [9.17, 15) is 4.21 Å². The molecule has 166 valence electrons. The van der Waals surface area contributed by atoms with Gasteiger partial charge in [0.15, 0.2) is 0 Å². The van der Waals surface area contributed by atoms with Gasteiger partial charge in [0.05, 0.1) is 11.2 Å². The van der Waals surface area contributed by atoms with Crippen LogP contribution in [-0.4, -0.2) is 35.0 Å². The highest BCUT2D eigenvalue weighted by atomic mass is 32.2. The molecule has 0 aliphatic carbocycles. The van der Waals surface area contributed by atoms with Gasteiger partial charge < -0.3 is 9.31 Å². The van der Waals surface area contributed by atoms with Gasteiger partial charge in [0.1, 0.15) is 0 Å². The highest BCUT2D eigenvalue weighted by Crippen LogP contribution is 2.38. The van der Waals surface area contributed by atoms with Crippen molar-refractivity contribution < 1.29 is 13.5 Å². The van der Waals surface area contributed by atoms with Crippen LogP contribution in [0.15, 0.2) is 40.4 Å². The van der Waals surface area contributed by atoms with Crippen LogP contribution in [0.5, 0.6) is 0 Å². The molecule has 1 atom stereocenters. The van der Waals surface area contributed by atoms with Crippen LogP contribution in [0.2, 0.25) is 6.32 Å². The summed E-state index contributed by atoms with van der Waals surface area (Å²) in [6.07, 6.45) is 13.4. The Balaban J connectivity index is 2.83. The first kappa shape index (κ1) is 26.2. The Labute approximate surface area is 180 Å². The van der Waals surface area contributed by atoms with E-state index in [0.29, 0.717) is 11.8 Å². The molecule has 29 heavy (non-hydrogen) atoms. The normalized spacial score (nSPS) is 20.8. The Morgan fingerprint density at radius 1 is 1.14 bits per heavy atom. The van der Waals surface area contributed by atoms with Crippen molar-refractivity contribution in [3.63, 3.8) is 0 Å². The van der Waals surface area contributed by atoms with Crippen molar-refractivity contribution in [2.45, 2.75) is 85.3 Å². The predicted octanol–water partition coefficient (Wildman–Crippen LogP) is 6.26. The van der Waals surface area contributed by atoms with E-state index in [0.717, 1.165) is 31.3 Å². The van der Waals surface area contributed by atoms with Crippen LogP contribution in [0.1, 0.15) is 67.7 Å². The van der Waals surface area contributed by atoms with Crippen molar-refractivity contribution in [1.82, 2.24) is 0 Å². The summed E-state index contributed by atoms with van der Waals surface area (Å²) in [6, 6.07) is 0. The summed E-state index contributed by atoms with van der Waals surface area (Å²) < 4.78 is 28.4. The molecule has 0 bridgehead atoms. The maximum atomic E-state index is 11.9. The third-order valence-electron chi connectivity index (χ3n) is 5.64. The van der Waals surface area contributed by atoms with Crippen LogP contribution in [0.4, 0.5) is 0 Å². The van der Waals surface area contributed by atoms with Gasteiger partial charge in [-0.15, -0.1) is 0 Å². The standard InChI is InChI=1S/C23H42BNO3S/c1-11-20(15-14-19(4)25-29(9,10)26)21(17-18(2)3)13-12-16-24-27-22(5,6)23(7,8)28-24/h11,14-15,18,21H,1,12-13,16-17H2,2-10H3/b19-14+,20-15+. The molecule has 1 heterocycles. The minimum atomic E-state index is -2.14. The monoisotopic (exact) mass is 423 g/mol. The first-order chi connectivity index (χ1) is 13.2. The lowest BCUT2D eigenvalue weighted by atomic mass is 9.78. The lowest BCUT2D eigenvalue weighted by molar-refractivity contribution is 0.00578. The Morgan fingerprint density at radius 3 is 2.14 bits per heavy atom. The minimum absolute atomic E-state index is 0.140. The second kappa shape index (κ2) is 10.5. The summed E-state index contributed by atoms with van der Waals surface area (Å²) in [6.45, 7) is 18.8. The first-order valence-corrected chi connectivity index (χ1v) is 13.0. The number of hydrogen-bond acceptors (Lipinski definition) is 4. The molecule has 0 N–H and O–H groups in total. The van der Waals surface area contributed by atoms with Crippen LogP contribution in [0.25, 0.3) is 0 Å². The molecular weight excluding hydrogens is 381 g/mol. The molecule has 1 aliphatic rings. The van der Waals surface area contributed by atoms with Crippen LogP contribution in [0.3, 0.4) is 0 Å². The Hall–Kier alpha value is -0.845. The van der Waals surface area contributed by atoms with E-state index >= 15 is 0 Å². The fraction of sp³-hybridized carbons (Fsp3) is 0.739. The van der Waals surface area contributed by atoms with Gasteiger partial charge in [0, 0.05) is 27.9 Å². The zero-order chi connectivity index (χ0) is 22.5. The Bertz CT molecular complexity index is 719. The highest BCUT2D eigenvalue weighted by molar-refractivity contribution is 7.92. The van der Waals surface area contributed by atoms with Gasteiger partial charge in [-0.25, -0.2) is 8.57 Å². The predicted molar refractivity (Wildman–Crippen MR) is 128 cm³/mol. The molecule has 0 spiro atoms. The third-order valence-corrected chi connectivity index (χ3v) is 6.37. The fourth-order valence-corrected chi connectivity index (χ4v) is 4.32. The van der Waals surface area contributed by atoms with E-state index in [4.69, 9.17) is 9.31 Å². The first-order valence-electron chi connectivity index (χ1n) is 10.7. The van der Waals surface area contributed by atoms with E-state index in [1.807, 2.05) is 19.1 Å². The zero-order valence-electron chi connectivity index (χ0n) is 20.1. The molecule has 1 rings (SSSR count). The molecule has 1 fully saturated rings. The molecule has 6 heteroatoms. The van der Waals surface area contributed by atoms with Crippen LogP contribution < -0.4 is 0 Å². The largest absolute Gasteiger partial charge is 0.457 e. The number of hydrogen-bond donors (Lipinski definition) is 0. The summed E-state index contributed by atoms with van der Waals surface area (Å²) in [5.74, 6) is 1.02. The van der Waals surface area contributed by atoms with Crippen molar-refractivity contribution in [1.29, 1.82) is 0 Å². The molecule has 0 radical (unpaired) electrons. The van der Waals surface area contributed by atoms with Gasteiger partial charge in [0.2, 0.25) is 0 Å². The lowest BCUT2D eigenvalue weighted by Crippen LogP contribution is -2.41. The number of allylic oxidation sites excluding steroid dienone is 5. The highest BCUT2D eigenvalue weighted by Gasteiger charge is 2.50. The van der Waals surface area contributed by atoms with Gasteiger partial charge in [-0.3, -0.25) is 0 Å². The number of nitrogens with zero attached hydrogens (tertiary/aromatic N) is 1. The molecule has 1 unspecified atom stereocenters. The molecule has 0 aromatic carbocycles. The van der Waals surface area contributed by atoms with Gasteiger partial charge in [-0.1, -0.05) is 39.0 Å². The molecule has 1 saturated heterocycles. The SMILES string of the molecule is C=C/C(=C\C=C(/C)N=S(C)(C)=O)C(CCCB1OC(C)(C)C(C)(C)O1)CC(C)C. The molecule has 4 nitrogen and oxygen atoms in total. The topological polar surface area (TPSA) is 47.9 Å². The van der Waals surface area contributed by atoms with Crippen molar-refractivity contribution in [3.8, 4) is 0 Å². The average Bonchev–Trinajstić information content (AvgIpc) is 2.72. The van der Waals surface area contributed by atoms with E-state index in [1.165, 1.54) is 5.57 Å². The Kier molecular flexibility index (Phi) is 9.44. The number of rotatable bonds is 10. The molecule has 0 aromatic rings. The van der Waals surface area contributed by atoms with Crippen LogP contribution in [0, 0.1) is 11.8 Å². The van der Waals surface area contributed by atoms with E-state index < -0.39 is 9.73 Å². The van der Waals surface area contributed by atoms with E-state index in [2.05, 4.69) is 58.6 Å². The van der Waals surface area contributed by atoms with Crippen LogP contribution in [-0.2, 0) is 19.0 Å². The Morgan fingerprint density at radius 2 is 1.69 bits per heavy atom. The van der Waals surface area contributed by atoms with E-state index in [1.54, 1.807) is 12.5 Å². The van der Waals surface area contributed by atoms with Crippen LogP contribution >= 0.6 is 0 Å². The van der Waals surface area contributed by atoms with Gasteiger partial charge in [0.25, 0.3) is 0 Å². The second-order valence-electron chi connectivity index (χ2n) is 9.89.